The molecule has 0 saturated carbocycles. The minimum atomic E-state index is -1.37. The largest absolute Gasteiger partial charge is 0.497 e. The fraction of sp³-hybridized carbons (Fsp3) is 0.500. The van der Waals surface area contributed by atoms with E-state index in [-0.39, 0.29) is 5.91 Å². The van der Waals surface area contributed by atoms with Crippen molar-refractivity contribution >= 4 is 11.6 Å². The van der Waals surface area contributed by atoms with Crippen LogP contribution in [0.25, 0.3) is 0 Å². The summed E-state index contributed by atoms with van der Waals surface area (Å²) in [6.45, 7) is 0.763. The van der Waals surface area contributed by atoms with E-state index in [1.54, 1.807) is 24.3 Å². The van der Waals surface area contributed by atoms with Gasteiger partial charge in [0.15, 0.2) is 0 Å². The Morgan fingerprint density at radius 2 is 2.00 bits per heavy atom. The maximum Gasteiger partial charge on any atom is 0.235 e. The van der Waals surface area contributed by atoms with Crippen LogP contribution in [0.1, 0.15) is 6.92 Å². The Labute approximate surface area is 116 Å². The second-order valence-electron chi connectivity index (χ2n) is 4.85. The molecular formula is C14H18FNO4. The summed E-state index contributed by atoms with van der Waals surface area (Å²) in [6, 6.07) is 5.93. The summed E-state index contributed by atoms with van der Waals surface area (Å²) in [4.78, 5) is 13.4. The van der Waals surface area contributed by atoms with E-state index in [0.29, 0.717) is 11.4 Å². The van der Waals surface area contributed by atoms with E-state index in [1.807, 2.05) is 0 Å². The number of carbonyl (C=O) groups excluding carboxylic acids is 1. The van der Waals surface area contributed by atoms with Gasteiger partial charge in [-0.3, -0.25) is 4.79 Å². The van der Waals surface area contributed by atoms with E-state index in [0.717, 1.165) is 0 Å². The Kier molecular flexibility index (Phi) is 4.25. The molecule has 1 aromatic rings. The molecule has 110 valence electrons. The quantitative estimate of drug-likeness (QED) is 0.782. The molecule has 0 radical (unpaired) electrons. The highest BCUT2D eigenvalue weighted by Crippen LogP contribution is 2.38. The van der Waals surface area contributed by atoms with Gasteiger partial charge in [-0.05, 0) is 31.2 Å². The predicted molar refractivity (Wildman–Crippen MR) is 71.4 cm³/mol. The average Bonchev–Trinajstić information content (AvgIpc) is 2.44. The third kappa shape index (κ3) is 2.36. The monoisotopic (exact) mass is 283 g/mol. The van der Waals surface area contributed by atoms with Gasteiger partial charge in [-0.1, -0.05) is 0 Å². The van der Waals surface area contributed by atoms with Gasteiger partial charge < -0.3 is 19.8 Å². The van der Waals surface area contributed by atoms with Gasteiger partial charge in [0.25, 0.3) is 0 Å². The highest BCUT2D eigenvalue weighted by molar-refractivity contribution is 6.03. The lowest BCUT2D eigenvalue weighted by atomic mass is 9.80. The molecule has 0 unspecified atom stereocenters. The number of hydrogen-bond acceptors (Lipinski definition) is 4. The van der Waals surface area contributed by atoms with Crippen LogP contribution in [0.15, 0.2) is 24.3 Å². The van der Waals surface area contributed by atoms with Crippen molar-refractivity contribution in [2.45, 2.75) is 25.2 Å². The third-order valence-corrected chi connectivity index (χ3v) is 3.62. The van der Waals surface area contributed by atoms with E-state index in [2.05, 4.69) is 0 Å². The zero-order chi connectivity index (χ0) is 14.9. The number of aliphatic hydroxyl groups is 2. The molecule has 0 aromatic heterocycles. The van der Waals surface area contributed by atoms with Gasteiger partial charge in [0.1, 0.15) is 11.9 Å². The summed E-state index contributed by atoms with van der Waals surface area (Å²) in [6.07, 6.45) is -2.54. The molecule has 0 bridgehead atoms. The van der Waals surface area contributed by atoms with Crippen molar-refractivity contribution in [1.82, 2.24) is 0 Å². The van der Waals surface area contributed by atoms with Gasteiger partial charge in [-0.15, -0.1) is 0 Å². The van der Waals surface area contributed by atoms with Gasteiger partial charge in [0.05, 0.1) is 31.8 Å². The first kappa shape index (κ1) is 14.7. The molecule has 6 heteroatoms. The summed E-state index contributed by atoms with van der Waals surface area (Å²) < 4.78 is 18.5. The highest BCUT2D eigenvalue weighted by atomic mass is 19.1. The van der Waals surface area contributed by atoms with Gasteiger partial charge in [0, 0.05) is 5.69 Å². The van der Waals surface area contributed by atoms with E-state index >= 15 is 0 Å². The molecular weight excluding hydrogens is 265 g/mol. The van der Waals surface area contributed by atoms with Crippen LogP contribution in [0.5, 0.6) is 5.75 Å². The van der Waals surface area contributed by atoms with Crippen molar-refractivity contribution in [1.29, 1.82) is 0 Å². The van der Waals surface area contributed by atoms with Crippen molar-refractivity contribution in [3.63, 3.8) is 0 Å². The van der Waals surface area contributed by atoms with Gasteiger partial charge in [-0.25, -0.2) is 4.39 Å². The molecule has 2 rings (SSSR count). The number of methoxy groups -OCH3 is 1. The van der Waals surface area contributed by atoms with Crippen LogP contribution in [0, 0.1) is 5.92 Å². The molecule has 1 fully saturated rings. The van der Waals surface area contributed by atoms with E-state index < -0.39 is 30.8 Å². The number of carbonyl (C=O) groups is 1. The molecule has 4 atom stereocenters. The number of ether oxygens (including phenoxy) is 1. The van der Waals surface area contributed by atoms with Crippen molar-refractivity contribution in [2.24, 2.45) is 5.92 Å². The Hall–Kier alpha value is -1.66. The summed E-state index contributed by atoms with van der Waals surface area (Å²) >= 11 is 0. The first-order valence-corrected chi connectivity index (χ1v) is 6.41. The Morgan fingerprint density at radius 3 is 2.45 bits per heavy atom. The van der Waals surface area contributed by atoms with E-state index in [9.17, 15) is 14.3 Å². The number of halogens is 1. The minimum absolute atomic E-state index is 0.386. The van der Waals surface area contributed by atoms with Gasteiger partial charge in [0.2, 0.25) is 5.91 Å². The van der Waals surface area contributed by atoms with Crippen molar-refractivity contribution in [2.75, 3.05) is 18.6 Å². The molecule has 1 amide bonds. The Morgan fingerprint density at radius 1 is 1.40 bits per heavy atom. The fourth-order valence-corrected chi connectivity index (χ4v) is 2.56. The average molecular weight is 283 g/mol. The molecule has 1 aromatic carbocycles. The van der Waals surface area contributed by atoms with Crippen LogP contribution >= 0.6 is 0 Å². The number of β-lactam (4-membered cyclic amide) rings is 1. The fourth-order valence-electron chi connectivity index (χ4n) is 2.56. The molecule has 0 aliphatic carbocycles. The summed E-state index contributed by atoms with van der Waals surface area (Å²) in [7, 11) is 1.53. The summed E-state index contributed by atoms with van der Waals surface area (Å²) in [5.74, 6) is -0.668. The van der Waals surface area contributed by atoms with Crippen LogP contribution in [-0.2, 0) is 4.79 Å². The molecule has 5 nitrogen and oxygen atoms in total. The van der Waals surface area contributed by atoms with Crippen LogP contribution in [0.2, 0.25) is 0 Å². The Bertz CT molecular complexity index is 477. The lowest BCUT2D eigenvalue weighted by Crippen LogP contribution is -2.68. The van der Waals surface area contributed by atoms with Gasteiger partial charge >= 0.3 is 0 Å². The molecule has 0 spiro atoms. The lowest BCUT2D eigenvalue weighted by molar-refractivity contribution is -0.137. The summed E-state index contributed by atoms with van der Waals surface area (Å²) in [5.41, 5.74) is 0.546. The number of amides is 1. The normalized spacial score (nSPS) is 25.1. The van der Waals surface area contributed by atoms with E-state index in [1.165, 1.54) is 18.9 Å². The minimum Gasteiger partial charge on any atom is -0.497 e. The third-order valence-electron chi connectivity index (χ3n) is 3.62. The lowest BCUT2D eigenvalue weighted by Gasteiger charge is -2.49. The maximum atomic E-state index is 13.5. The molecule has 20 heavy (non-hydrogen) atoms. The zero-order valence-electron chi connectivity index (χ0n) is 11.4. The van der Waals surface area contributed by atoms with Crippen molar-refractivity contribution in [3.8, 4) is 5.75 Å². The molecule has 1 aliphatic rings. The first-order chi connectivity index (χ1) is 9.51. The second-order valence-corrected chi connectivity index (χ2v) is 4.85. The SMILES string of the molecule is COc1ccc(N2C(=O)[C@H]([C@@H](C)F)[C@H]2[C@H](O)CO)cc1. The van der Waals surface area contributed by atoms with Gasteiger partial charge in [-0.2, -0.15) is 0 Å². The number of alkyl halides is 1. The number of aliphatic hydroxyl groups excluding tert-OH is 2. The van der Waals surface area contributed by atoms with Crippen LogP contribution in [0.4, 0.5) is 10.1 Å². The highest BCUT2D eigenvalue weighted by Gasteiger charge is 2.53. The first-order valence-electron chi connectivity index (χ1n) is 6.41. The molecule has 2 N–H and O–H groups in total. The number of nitrogens with zero attached hydrogens (tertiary/aromatic N) is 1. The topological polar surface area (TPSA) is 70.0 Å². The number of benzene rings is 1. The smallest absolute Gasteiger partial charge is 0.235 e. The van der Waals surface area contributed by atoms with Crippen LogP contribution in [0.3, 0.4) is 0 Å². The van der Waals surface area contributed by atoms with Crippen LogP contribution in [-0.4, -0.2) is 48.2 Å². The van der Waals surface area contributed by atoms with Crippen LogP contribution < -0.4 is 9.64 Å². The molecule has 1 heterocycles. The van der Waals surface area contributed by atoms with E-state index in [4.69, 9.17) is 9.84 Å². The number of rotatable bonds is 5. The predicted octanol–water partition coefficient (Wildman–Crippen LogP) is 0.738. The molecule has 1 aliphatic heterocycles. The standard InChI is InChI=1S/C14H18FNO4/c1-8(15)12-13(11(18)7-17)16(14(12)19)9-3-5-10(20-2)6-4-9/h3-6,8,11-13,17-18H,7H2,1-2H3/t8-,11-,12-,13-/m1/s1. The Balaban J connectivity index is 2.26. The maximum absolute atomic E-state index is 13.5. The second kappa shape index (κ2) is 5.76. The summed E-state index contributed by atoms with van der Waals surface area (Å²) in [5, 5.41) is 18.9. The number of anilines is 1. The van der Waals surface area contributed by atoms with Crippen molar-refractivity contribution in [3.05, 3.63) is 24.3 Å². The van der Waals surface area contributed by atoms with Crippen molar-refractivity contribution < 1.29 is 24.1 Å². The number of hydrogen-bond donors (Lipinski definition) is 2. The zero-order valence-corrected chi connectivity index (χ0v) is 11.4. The molecule has 1 saturated heterocycles.